The van der Waals surface area contributed by atoms with Crippen molar-refractivity contribution in [3.05, 3.63) is 121 Å². The summed E-state index contributed by atoms with van der Waals surface area (Å²) in [5, 5.41) is 11.5. The molecule has 0 amide bonds. The Morgan fingerprint density at radius 3 is 2.08 bits per heavy atom. The molecule has 4 aromatic carbocycles. The van der Waals surface area contributed by atoms with E-state index in [9.17, 15) is 0 Å². The lowest BCUT2D eigenvalue weighted by atomic mass is 9.96. The van der Waals surface area contributed by atoms with Gasteiger partial charge in [0.25, 0.3) is 0 Å². The summed E-state index contributed by atoms with van der Waals surface area (Å²) in [5.74, 6) is 0. The highest BCUT2D eigenvalue weighted by Crippen LogP contribution is 2.34. The van der Waals surface area contributed by atoms with Gasteiger partial charge in [-0.2, -0.15) is 10.2 Å². The molecule has 3 aromatic heterocycles. The van der Waals surface area contributed by atoms with Crippen molar-refractivity contribution in [3.63, 3.8) is 0 Å². The van der Waals surface area contributed by atoms with Gasteiger partial charge in [0.05, 0.1) is 28.9 Å². The minimum atomic E-state index is 0.849. The van der Waals surface area contributed by atoms with Crippen LogP contribution in [0.15, 0.2) is 116 Å². The largest absolute Gasteiger partial charge is 0.309 e. The number of para-hydroxylation sites is 2. The van der Waals surface area contributed by atoms with Crippen molar-refractivity contribution in [2.75, 3.05) is 0 Å². The predicted octanol–water partition coefficient (Wildman–Crippen LogP) is 7.76. The van der Waals surface area contributed by atoms with Gasteiger partial charge in [-0.1, -0.05) is 60.7 Å². The van der Waals surface area contributed by atoms with Crippen molar-refractivity contribution in [1.82, 2.24) is 19.7 Å². The fourth-order valence-corrected chi connectivity index (χ4v) is 5.22. The highest BCUT2D eigenvalue weighted by atomic mass is 15.1. The predicted molar refractivity (Wildman–Crippen MR) is 147 cm³/mol. The number of fused-ring (bicyclic) bond motifs is 4. The van der Waals surface area contributed by atoms with Gasteiger partial charge in [0.1, 0.15) is 0 Å². The van der Waals surface area contributed by atoms with Crippen LogP contribution in [-0.4, -0.2) is 19.7 Å². The highest BCUT2D eigenvalue weighted by molar-refractivity contribution is 6.09. The first-order chi connectivity index (χ1) is 17.8. The molecule has 4 heteroatoms. The standard InChI is InChI=1S/C32H22N4/c1-21-15-26(36-31-11-4-2-9-28(31)29-10-3-5-12-32(29)36)13-14-27(21)23-8-6-7-22(16-23)24-17-25-19-34-35-20-30(25)33-18-24/h2-20H,1H3. The molecule has 0 bridgehead atoms. The van der Waals surface area contributed by atoms with Crippen LogP contribution in [0, 0.1) is 6.92 Å². The summed E-state index contributed by atoms with van der Waals surface area (Å²) < 4.78 is 2.36. The number of pyridine rings is 1. The van der Waals surface area contributed by atoms with Gasteiger partial charge in [-0.25, -0.2) is 0 Å². The van der Waals surface area contributed by atoms with Gasteiger partial charge >= 0.3 is 0 Å². The Hall–Kier alpha value is -4.83. The Morgan fingerprint density at radius 1 is 0.583 bits per heavy atom. The molecule has 0 aliphatic heterocycles. The van der Waals surface area contributed by atoms with E-state index in [-0.39, 0.29) is 0 Å². The first kappa shape index (κ1) is 20.5. The van der Waals surface area contributed by atoms with E-state index in [1.807, 2.05) is 6.20 Å². The van der Waals surface area contributed by atoms with Crippen LogP contribution in [0.2, 0.25) is 0 Å². The van der Waals surface area contributed by atoms with Crippen LogP contribution in [0.4, 0.5) is 0 Å². The second-order valence-corrected chi connectivity index (χ2v) is 9.14. The van der Waals surface area contributed by atoms with Gasteiger partial charge in [0, 0.05) is 33.6 Å². The molecule has 0 atom stereocenters. The Bertz CT molecular complexity index is 1860. The SMILES string of the molecule is Cc1cc(-n2c3ccccc3c3ccccc32)ccc1-c1cccc(-c2cnc3cnncc3c2)c1. The smallest absolute Gasteiger partial charge is 0.0919 e. The van der Waals surface area contributed by atoms with Crippen molar-refractivity contribution in [3.8, 4) is 27.9 Å². The van der Waals surface area contributed by atoms with Gasteiger partial charge in [-0.15, -0.1) is 0 Å². The van der Waals surface area contributed by atoms with E-state index in [1.165, 1.54) is 44.2 Å². The van der Waals surface area contributed by atoms with Crippen LogP contribution in [0.25, 0.3) is 60.6 Å². The average Bonchev–Trinajstić information content (AvgIpc) is 3.27. The van der Waals surface area contributed by atoms with Crippen LogP contribution in [-0.2, 0) is 0 Å². The first-order valence-corrected chi connectivity index (χ1v) is 12.0. The second-order valence-electron chi connectivity index (χ2n) is 9.14. The zero-order valence-electron chi connectivity index (χ0n) is 19.8. The summed E-state index contributed by atoms with van der Waals surface area (Å²) in [4.78, 5) is 4.56. The second kappa shape index (κ2) is 8.14. The normalized spacial score (nSPS) is 11.5. The van der Waals surface area contributed by atoms with Crippen molar-refractivity contribution < 1.29 is 0 Å². The summed E-state index contributed by atoms with van der Waals surface area (Å²) in [5.41, 5.74) is 10.3. The molecular weight excluding hydrogens is 440 g/mol. The maximum atomic E-state index is 4.56. The molecule has 170 valence electrons. The van der Waals surface area contributed by atoms with E-state index < -0.39 is 0 Å². The number of hydrogen-bond donors (Lipinski definition) is 0. The summed E-state index contributed by atoms with van der Waals surface area (Å²) in [6.07, 6.45) is 5.35. The molecule has 0 N–H and O–H groups in total. The molecular formula is C32H22N4. The minimum Gasteiger partial charge on any atom is -0.309 e. The lowest BCUT2D eigenvalue weighted by Crippen LogP contribution is -1.95. The van der Waals surface area contributed by atoms with Gasteiger partial charge in [-0.3, -0.25) is 4.98 Å². The van der Waals surface area contributed by atoms with Crippen molar-refractivity contribution >= 4 is 32.7 Å². The summed E-state index contributed by atoms with van der Waals surface area (Å²) in [6, 6.07) is 34.8. The van der Waals surface area contributed by atoms with Crippen LogP contribution in [0.3, 0.4) is 0 Å². The molecule has 7 aromatic rings. The molecule has 0 saturated heterocycles. The zero-order valence-corrected chi connectivity index (χ0v) is 19.8. The van der Waals surface area contributed by atoms with Crippen molar-refractivity contribution in [1.29, 1.82) is 0 Å². The molecule has 0 aliphatic rings. The number of hydrogen-bond acceptors (Lipinski definition) is 3. The first-order valence-electron chi connectivity index (χ1n) is 12.0. The molecule has 3 heterocycles. The Morgan fingerprint density at radius 2 is 1.31 bits per heavy atom. The Labute approximate surface area is 208 Å². The molecule has 36 heavy (non-hydrogen) atoms. The quantitative estimate of drug-likeness (QED) is 0.269. The van der Waals surface area contributed by atoms with E-state index >= 15 is 0 Å². The third kappa shape index (κ3) is 3.27. The number of nitrogens with zero attached hydrogens (tertiary/aromatic N) is 4. The van der Waals surface area contributed by atoms with E-state index in [2.05, 4.69) is 124 Å². The molecule has 0 fully saturated rings. The van der Waals surface area contributed by atoms with E-state index in [0.717, 1.165) is 22.0 Å². The summed E-state index contributed by atoms with van der Waals surface area (Å²) >= 11 is 0. The Kier molecular flexibility index (Phi) is 4.64. The number of aryl methyl sites for hydroxylation is 1. The van der Waals surface area contributed by atoms with Gasteiger partial charge in [0.15, 0.2) is 0 Å². The van der Waals surface area contributed by atoms with Crippen LogP contribution in [0.1, 0.15) is 5.56 Å². The lowest BCUT2D eigenvalue weighted by Gasteiger charge is -2.13. The average molecular weight is 463 g/mol. The molecule has 7 rings (SSSR count). The highest BCUT2D eigenvalue weighted by Gasteiger charge is 2.13. The Balaban J connectivity index is 1.33. The van der Waals surface area contributed by atoms with E-state index in [4.69, 9.17) is 0 Å². The van der Waals surface area contributed by atoms with Gasteiger partial charge in [0.2, 0.25) is 0 Å². The zero-order chi connectivity index (χ0) is 24.1. The molecule has 0 aliphatic carbocycles. The van der Waals surface area contributed by atoms with Crippen molar-refractivity contribution in [2.45, 2.75) is 6.92 Å². The topological polar surface area (TPSA) is 43.6 Å². The maximum absolute atomic E-state index is 4.56. The fourth-order valence-electron chi connectivity index (χ4n) is 5.22. The van der Waals surface area contributed by atoms with E-state index in [0.29, 0.717) is 0 Å². The number of aromatic nitrogens is 4. The number of rotatable bonds is 3. The lowest BCUT2D eigenvalue weighted by molar-refractivity contribution is 1.04. The molecule has 0 unspecified atom stereocenters. The third-order valence-corrected chi connectivity index (χ3v) is 6.95. The van der Waals surface area contributed by atoms with Crippen LogP contribution in [0.5, 0.6) is 0 Å². The molecule has 0 spiro atoms. The van der Waals surface area contributed by atoms with Crippen LogP contribution >= 0.6 is 0 Å². The third-order valence-electron chi connectivity index (χ3n) is 6.95. The van der Waals surface area contributed by atoms with Crippen molar-refractivity contribution in [2.24, 2.45) is 0 Å². The van der Waals surface area contributed by atoms with Crippen LogP contribution < -0.4 is 0 Å². The monoisotopic (exact) mass is 462 g/mol. The maximum Gasteiger partial charge on any atom is 0.0919 e. The summed E-state index contributed by atoms with van der Waals surface area (Å²) in [6.45, 7) is 2.19. The molecule has 0 radical (unpaired) electrons. The van der Waals surface area contributed by atoms with Gasteiger partial charge in [-0.05, 0) is 65.6 Å². The fraction of sp³-hybridized carbons (Fsp3) is 0.0312. The number of benzene rings is 4. The van der Waals surface area contributed by atoms with Gasteiger partial charge < -0.3 is 4.57 Å². The summed E-state index contributed by atoms with van der Waals surface area (Å²) in [7, 11) is 0. The van der Waals surface area contributed by atoms with E-state index in [1.54, 1.807) is 12.4 Å². The molecule has 4 nitrogen and oxygen atoms in total. The molecule has 0 saturated carbocycles. The minimum absolute atomic E-state index is 0.849.